The number of nitrogens with one attached hydrogen (secondary N) is 2. The molecule has 2 amide bonds. The molecule has 1 aromatic carbocycles. The minimum Gasteiger partial charge on any atom is -0.370 e. The molecule has 1 fully saturated rings. The quantitative estimate of drug-likeness (QED) is 0.896. The number of aryl methyl sites for hydroxylation is 1. The maximum absolute atomic E-state index is 11.6. The number of benzene rings is 1. The van der Waals surface area contributed by atoms with Crippen molar-refractivity contribution in [2.45, 2.75) is 20.3 Å². The van der Waals surface area contributed by atoms with Crippen LogP contribution in [-0.4, -0.2) is 37.2 Å². The Hall–Kier alpha value is -1.36. The van der Waals surface area contributed by atoms with E-state index in [0.29, 0.717) is 6.54 Å². The summed E-state index contributed by atoms with van der Waals surface area (Å²) in [6.45, 7) is 7.06. The number of hydrogen-bond acceptors (Lipinski definition) is 3. The average molecular weight is 293 g/mol. The van der Waals surface area contributed by atoms with Crippen LogP contribution in [0.3, 0.4) is 0 Å². The normalized spacial score (nSPS) is 15.0. The van der Waals surface area contributed by atoms with E-state index in [0.717, 1.165) is 25.2 Å². The Labute approximate surface area is 125 Å². The van der Waals surface area contributed by atoms with Crippen molar-refractivity contribution < 1.29 is 4.79 Å². The lowest BCUT2D eigenvalue weighted by molar-refractivity contribution is 0.252. The molecule has 0 saturated carbocycles. The molecular weight excluding hydrogens is 270 g/mol. The molecule has 1 aromatic rings. The van der Waals surface area contributed by atoms with Gasteiger partial charge in [-0.2, -0.15) is 11.8 Å². The summed E-state index contributed by atoms with van der Waals surface area (Å²) in [6.07, 6.45) is 0.943. The number of carbonyl (C=O) groups excluding carboxylic acids is 1. The molecule has 20 heavy (non-hydrogen) atoms. The molecular formula is C15H23N3OS. The van der Waals surface area contributed by atoms with Gasteiger partial charge >= 0.3 is 6.03 Å². The van der Waals surface area contributed by atoms with Gasteiger partial charge in [-0.05, 0) is 37.1 Å². The van der Waals surface area contributed by atoms with Gasteiger partial charge in [0.15, 0.2) is 0 Å². The average Bonchev–Trinajstić information content (AvgIpc) is 2.46. The van der Waals surface area contributed by atoms with Gasteiger partial charge < -0.3 is 15.5 Å². The summed E-state index contributed by atoms with van der Waals surface area (Å²) in [6, 6.07) is 6.01. The van der Waals surface area contributed by atoms with Crippen molar-refractivity contribution in [2.24, 2.45) is 0 Å². The fourth-order valence-corrected chi connectivity index (χ4v) is 3.21. The number of thioether (sulfide) groups is 1. The first-order valence-corrected chi connectivity index (χ1v) is 8.34. The molecule has 2 N–H and O–H groups in total. The van der Waals surface area contributed by atoms with E-state index >= 15 is 0 Å². The van der Waals surface area contributed by atoms with Crippen LogP contribution in [0.4, 0.5) is 16.2 Å². The first-order valence-electron chi connectivity index (χ1n) is 7.19. The monoisotopic (exact) mass is 293 g/mol. The predicted molar refractivity (Wildman–Crippen MR) is 88.0 cm³/mol. The van der Waals surface area contributed by atoms with Gasteiger partial charge in [-0.15, -0.1) is 0 Å². The number of urea groups is 1. The van der Waals surface area contributed by atoms with E-state index in [2.05, 4.69) is 28.5 Å². The minimum absolute atomic E-state index is 0.131. The van der Waals surface area contributed by atoms with E-state index in [1.807, 2.05) is 30.8 Å². The smallest absolute Gasteiger partial charge is 0.319 e. The number of amides is 2. The summed E-state index contributed by atoms with van der Waals surface area (Å²) in [5.41, 5.74) is 3.35. The van der Waals surface area contributed by atoms with Gasteiger partial charge in [0, 0.05) is 42.5 Å². The van der Waals surface area contributed by atoms with Crippen molar-refractivity contribution in [3.63, 3.8) is 0 Å². The maximum atomic E-state index is 11.6. The number of carbonyl (C=O) groups is 1. The van der Waals surface area contributed by atoms with Gasteiger partial charge in [-0.3, -0.25) is 0 Å². The van der Waals surface area contributed by atoms with Gasteiger partial charge in [0.25, 0.3) is 0 Å². The van der Waals surface area contributed by atoms with Crippen LogP contribution < -0.4 is 15.5 Å². The van der Waals surface area contributed by atoms with E-state index in [1.54, 1.807) is 0 Å². The molecule has 0 spiro atoms. The molecule has 1 saturated heterocycles. The van der Waals surface area contributed by atoms with Crippen molar-refractivity contribution in [2.75, 3.05) is 41.4 Å². The molecule has 1 aliphatic rings. The van der Waals surface area contributed by atoms with E-state index in [4.69, 9.17) is 0 Å². The first-order chi connectivity index (χ1) is 9.70. The van der Waals surface area contributed by atoms with Gasteiger partial charge in [0.1, 0.15) is 0 Å². The molecule has 1 heterocycles. The zero-order valence-corrected chi connectivity index (χ0v) is 13.1. The molecule has 4 nitrogen and oxygen atoms in total. The Kier molecular flexibility index (Phi) is 5.59. The van der Waals surface area contributed by atoms with Gasteiger partial charge in [-0.25, -0.2) is 4.79 Å². The highest BCUT2D eigenvalue weighted by Crippen LogP contribution is 2.25. The second kappa shape index (κ2) is 7.43. The second-order valence-corrected chi connectivity index (χ2v) is 6.21. The topological polar surface area (TPSA) is 44.4 Å². The van der Waals surface area contributed by atoms with Crippen LogP contribution >= 0.6 is 11.8 Å². The van der Waals surface area contributed by atoms with E-state index in [-0.39, 0.29) is 6.03 Å². The number of nitrogens with zero attached hydrogens (tertiary/aromatic N) is 1. The largest absolute Gasteiger partial charge is 0.370 e. The summed E-state index contributed by atoms with van der Waals surface area (Å²) in [5, 5.41) is 5.69. The van der Waals surface area contributed by atoms with E-state index < -0.39 is 0 Å². The second-order valence-electron chi connectivity index (χ2n) is 4.98. The SMILES string of the molecule is CCCNC(=O)Nc1ccc(N2CCSCC2)c(C)c1. The van der Waals surface area contributed by atoms with Crippen LogP contribution in [0.2, 0.25) is 0 Å². The fraction of sp³-hybridized carbons (Fsp3) is 0.533. The Morgan fingerprint density at radius 3 is 2.75 bits per heavy atom. The third-order valence-corrected chi connectivity index (χ3v) is 4.28. The zero-order chi connectivity index (χ0) is 14.4. The molecule has 0 aliphatic carbocycles. The molecule has 0 atom stereocenters. The molecule has 0 unspecified atom stereocenters. The Morgan fingerprint density at radius 1 is 1.35 bits per heavy atom. The Morgan fingerprint density at radius 2 is 2.10 bits per heavy atom. The van der Waals surface area contributed by atoms with Gasteiger partial charge in [0.05, 0.1) is 0 Å². The van der Waals surface area contributed by atoms with Crippen molar-refractivity contribution in [1.82, 2.24) is 5.32 Å². The molecule has 110 valence electrons. The van der Waals surface area contributed by atoms with Crippen LogP contribution in [0, 0.1) is 6.92 Å². The van der Waals surface area contributed by atoms with Crippen LogP contribution in [0.25, 0.3) is 0 Å². The lowest BCUT2D eigenvalue weighted by atomic mass is 10.1. The maximum Gasteiger partial charge on any atom is 0.319 e. The van der Waals surface area contributed by atoms with Crippen molar-refractivity contribution in [3.05, 3.63) is 23.8 Å². The number of rotatable bonds is 4. The van der Waals surface area contributed by atoms with E-state index in [1.165, 1.54) is 22.8 Å². The van der Waals surface area contributed by atoms with E-state index in [9.17, 15) is 4.79 Å². The van der Waals surface area contributed by atoms with Gasteiger partial charge in [0.2, 0.25) is 0 Å². The summed E-state index contributed by atoms with van der Waals surface area (Å²) in [7, 11) is 0. The molecule has 1 aliphatic heterocycles. The van der Waals surface area contributed by atoms with Crippen molar-refractivity contribution >= 4 is 29.2 Å². The van der Waals surface area contributed by atoms with Gasteiger partial charge in [-0.1, -0.05) is 6.92 Å². The lowest BCUT2D eigenvalue weighted by Crippen LogP contribution is -2.33. The lowest BCUT2D eigenvalue weighted by Gasteiger charge is -2.30. The third-order valence-electron chi connectivity index (χ3n) is 3.34. The Balaban J connectivity index is 1.99. The number of hydrogen-bond donors (Lipinski definition) is 2. The molecule has 2 rings (SSSR count). The molecule has 0 aromatic heterocycles. The zero-order valence-electron chi connectivity index (χ0n) is 12.2. The highest BCUT2D eigenvalue weighted by molar-refractivity contribution is 7.99. The third kappa shape index (κ3) is 4.07. The standard InChI is InChI=1S/C15H23N3OS/c1-3-6-16-15(19)17-13-4-5-14(12(2)11-13)18-7-9-20-10-8-18/h4-5,11H,3,6-10H2,1-2H3,(H2,16,17,19). The van der Waals surface area contributed by atoms with Crippen molar-refractivity contribution in [1.29, 1.82) is 0 Å². The summed E-state index contributed by atoms with van der Waals surface area (Å²) < 4.78 is 0. The predicted octanol–water partition coefficient (Wildman–Crippen LogP) is 3.08. The molecule has 0 bridgehead atoms. The van der Waals surface area contributed by atoms with Crippen LogP contribution in [0.1, 0.15) is 18.9 Å². The highest BCUT2D eigenvalue weighted by Gasteiger charge is 2.13. The Bertz CT molecular complexity index is 458. The fourth-order valence-electron chi connectivity index (χ4n) is 2.31. The highest BCUT2D eigenvalue weighted by atomic mass is 32.2. The van der Waals surface area contributed by atoms with Crippen LogP contribution in [-0.2, 0) is 0 Å². The summed E-state index contributed by atoms with van der Waals surface area (Å²) in [5.74, 6) is 2.39. The number of anilines is 2. The molecule has 0 radical (unpaired) electrons. The summed E-state index contributed by atoms with van der Waals surface area (Å²) >= 11 is 2.01. The van der Waals surface area contributed by atoms with Crippen LogP contribution in [0.5, 0.6) is 0 Å². The minimum atomic E-state index is -0.131. The van der Waals surface area contributed by atoms with Crippen LogP contribution in [0.15, 0.2) is 18.2 Å². The summed E-state index contributed by atoms with van der Waals surface area (Å²) in [4.78, 5) is 14.1. The molecule has 5 heteroatoms. The first kappa shape index (κ1) is 15.0. The van der Waals surface area contributed by atoms with Crippen molar-refractivity contribution in [3.8, 4) is 0 Å².